The molecule has 2 fully saturated rings. The van der Waals surface area contributed by atoms with Crippen LogP contribution in [0.4, 0.5) is 0 Å². The van der Waals surface area contributed by atoms with Crippen LogP contribution in [-0.4, -0.2) is 38.4 Å². The molecule has 13 heavy (non-hydrogen) atoms. The molecule has 0 unspecified atom stereocenters. The molecule has 0 amide bonds. The van der Waals surface area contributed by atoms with Gasteiger partial charge in [-0.15, -0.1) is 0 Å². The SMILES string of the molecule is C1CC(OC2CCNCC2)CCN1. The van der Waals surface area contributed by atoms with E-state index < -0.39 is 0 Å². The fraction of sp³-hybridized carbons (Fsp3) is 1.00. The Balaban J connectivity index is 1.69. The zero-order chi connectivity index (χ0) is 8.93. The van der Waals surface area contributed by atoms with Crippen molar-refractivity contribution in [3.63, 3.8) is 0 Å². The molecule has 0 atom stereocenters. The maximum atomic E-state index is 6.05. The summed E-state index contributed by atoms with van der Waals surface area (Å²) in [4.78, 5) is 0. The summed E-state index contributed by atoms with van der Waals surface area (Å²) in [6, 6.07) is 0. The highest BCUT2D eigenvalue weighted by Crippen LogP contribution is 2.15. The van der Waals surface area contributed by atoms with Crippen LogP contribution in [0.15, 0.2) is 0 Å². The third-order valence-electron chi connectivity index (χ3n) is 2.96. The number of nitrogens with one attached hydrogen (secondary N) is 2. The number of piperidine rings is 2. The first-order chi connectivity index (χ1) is 6.45. The number of rotatable bonds is 2. The van der Waals surface area contributed by atoms with Crippen LogP contribution < -0.4 is 10.6 Å². The molecule has 2 rings (SSSR count). The van der Waals surface area contributed by atoms with Gasteiger partial charge in [-0.2, -0.15) is 0 Å². The van der Waals surface area contributed by atoms with Crippen LogP contribution >= 0.6 is 0 Å². The third-order valence-corrected chi connectivity index (χ3v) is 2.96. The summed E-state index contributed by atoms with van der Waals surface area (Å²) in [5, 5.41) is 6.72. The van der Waals surface area contributed by atoms with Gasteiger partial charge in [0.05, 0.1) is 12.2 Å². The lowest BCUT2D eigenvalue weighted by atomic mass is 10.1. The minimum Gasteiger partial charge on any atom is -0.375 e. The molecule has 3 heteroatoms. The van der Waals surface area contributed by atoms with Crippen molar-refractivity contribution in [2.24, 2.45) is 0 Å². The Morgan fingerprint density at radius 2 is 1.08 bits per heavy atom. The first-order valence-electron chi connectivity index (χ1n) is 5.52. The average molecular weight is 184 g/mol. The minimum atomic E-state index is 0.532. The molecule has 0 aliphatic carbocycles. The molecule has 2 N–H and O–H groups in total. The summed E-state index contributed by atoms with van der Waals surface area (Å²) in [6.07, 6.45) is 5.86. The van der Waals surface area contributed by atoms with Crippen LogP contribution in [-0.2, 0) is 4.74 Å². The van der Waals surface area contributed by atoms with Gasteiger partial charge < -0.3 is 15.4 Å². The van der Waals surface area contributed by atoms with Crippen molar-refractivity contribution in [2.45, 2.75) is 37.9 Å². The zero-order valence-electron chi connectivity index (χ0n) is 8.22. The van der Waals surface area contributed by atoms with E-state index in [4.69, 9.17) is 4.74 Å². The third kappa shape index (κ3) is 2.93. The summed E-state index contributed by atoms with van der Waals surface area (Å²) >= 11 is 0. The van der Waals surface area contributed by atoms with Crippen LogP contribution in [0.1, 0.15) is 25.7 Å². The highest BCUT2D eigenvalue weighted by Gasteiger charge is 2.20. The van der Waals surface area contributed by atoms with Crippen LogP contribution in [0, 0.1) is 0 Å². The monoisotopic (exact) mass is 184 g/mol. The van der Waals surface area contributed by atoms with Gasteiger partial charge in [-0.3, -0.25) is 0 Å². The van der Waals surface area contributed by atoms with Crippen molar-refractivity contribution in [1.29, 1.82) is 0 Å². The van der Waals surface area contributed by atoms with E-state index >= 15 is 0 Å². The highest BCUT2D eigenvalue weighted by atomic mass is 16.5. The molecule has 0 aromatic heterocycles. The molecule has 2 heterocycles. The van der Waals surface area contributed by atoms with E-state index in [9.17, 15) is 0 Å². The van der Waals surface area contributed by atoms with Crippen LogP contribution in [0.3, 0.4) is 0 Å². The summed E-state index contributed by atoms with van der Waals surface area (Å²) in [5.41, 5.74) is 0. The summed E-state index contributed by atoms with van der Waals surface area (Å²) in [6.45, 7) is 4.54. The Labute approximate surface area is 80.2 Å². The van der Waals surface area contributed by atoms with E-state index in [1.54, 1.807) is 0 Å². The topological polar surface area (TPSA) is 33.3 Å². The second-order valence-corrected chi connectivity index (χ2v) is 4.03. The predicted octanol–water partition coefficient (Wildman–Crippen LogP) is 0.507. The molecule has 2 saturated heterocycles. The Hall–Kier alpha value is -0.120. The maximum Gasteiger partial charge on any atom is 0.0603 e. The van der Waals surface area contributed by atoms with E-state index in [2.05, 4.69) is 10.6 Å². The summed E-state index contributed by atoms with van der Waals surface area (Å²) < 4.78 is 6.05. The first kappa shape index (κ1) is 9.44. The standard InChI is InChI=1S/C10H20N2O/c1-5-11-6-2-9(1)13-10-3-7-12-8-4-10/h9-12H,1-8H2. The molecule has 76 valence electrons. The van der Waals surface area contributed by atoms with Crippen molar-refractivity contribution in [1.82, 2.24) is 10.6 Å². The van der Waals surface area contributed by atoms with E-state index in [-0.39, 0.29) is 0 Å². The average Bonchev–Trinajstić information content (AvgIpc) is 2.21. The second-order valence-electron chi connectivity index (χ2n) is 4.03. The van der Waals surface area contributed by atoms with E-state index in [0.717, 1.165) is 26.2 Å². The zero-order valence-corrected chi connectivity index (χ0v) is 8.22. The molecule has 0 aromatic carbocycles. The molecule has 0 radical (unpaired) electrons. The molecule has 0 aromatic rings. The molecule has 0 spiro atoms. The van der Waals surface area contributed by atoms with Crippen LogP contribution in [0.2, 0.25) is 0 Å². The predicted molar refractivity (Wildman–Crippen MR) is 52.9 cm³/mol. The Morgan fingerprint density at radius 1 is 0.692 bits per heavy atom. The van der Waals surface area contributed by atoms with Crippen molar-refractivity contribution in [3.8, 4) is 0 Å². The molecule has 2 aliphatic heterocycles. The van der Waals surface area contributed by atoms with Crippen molar-refractivity contribution in [2.75, 3.05) is 26.2 Å². The van der Waals surface area contributed by atoms with Gasteiger partial charge in [-0.1, -0.05) is 0 Å². The van der Waals surface area contributed by atoms with E-state index in [0.29, 0.717) is 12.2 Å². The lowest BCUT2D eigenvalue weighted by Gasteiger charge is -2.30. The number of hydrogen-bond acceptors (Lipinski definition) is 3. The van der Waals surface area contributed by atoms with E-state index in [1.165, 1.54) is 25.7 Å². The number of ether oxygens (including phenoxy) is 1. The van der Waals surface area contributed by atoms with Crippen molar-refractivity contribution < 1.29 is 4.74 Å². The Kier molecular flexibility index (Phi) is 3.58. The van der Waals surface area contributed by atoms with Crippen molar-refractivity contribution in [3.05, 3.63) is 0 Å². The van der Waals surface area contributed by atoms with Crippen LogP contribution in [0.5, 0.6) is 0 Å². The second kappa shape index (κ2) is 4.94. The fourth-order valence-corrected chi connectivity index (χ4v) is 2.14. The van der Waals surface area contributed by atoms with Gasteiger partial charge in [0.1, 0.15) is 0 Å². The van der Waals surface area contributed by atoms with E-state index in [1.807, 2.05) is 0 Å². The number of hydrogen-bond donors (Lipinski definition) is 2. The molecule has 0 bridgehead atoms. The van der Waals surface area contributed by atoms with Crippen LogP contribution in [0.25, 0.3) is 0 Å². The smallest absolute Gasteiger partial charge is 0.0603 e. The van der Waals surface area contributed by atoms with Gasteiger partial charge in [0.25, 0.3) is 0 Å². The van der Waals surface area contributed by atoms with Gasteiger partial charge in [-0.25, -0.2) is 0 Å². The molecule has 0 saturated carbocycles. The Bertz CT molecular complexity index is 124. The van der Waals surface area contributed by atoms with Gasteiger partial charge in [0.2, 0.25) is 0 Å². The summed E-state index contributed by atoms with van der Waals surface area (Å²) in [7, 11) is 0. The van der Waals surface area contributed by atoms with Gasteiger partial charge in [-0.05, 0) is 51.9 Å². The maximum absolute atomic E-state index is 6.05. The minimum absolute atomic E-state index is 0.532. The van der Waals surface area contributed by atoms with Gasteiger partial charge >= 0.3 is 0 Å². The Morgan fingerprint density at radius 3 is 1.46 bits per heavy atom. The quantitative estimate of drug-likeness (QED) is 0.656. The van der Waals surface area contributed by atoms with Gasteiger partial charge in [0.15, 0.2) is 0 Å². The molecular weight excluding hydrogens is 164 g/mol. The molecular formula is C10H20N2O. The largest absolute Gasteiger partial charge is 0.375 e. The lowest BCUT2D eigenvalue weighted by molar-refractivity contribution is -0.0388. The fourth-order valence-electron chi connectivity index (χ4n) is 2.14. The van der Waals surface area contributed by atoms with Gasteiger partial charge in [0, 0.05) is 0 Å². The summed E-state index contributed by atoms with van der Waals surface area (Å²) in [5.74, 6) is 0. The molecule has 2 aliphatic rings. The molecule has 3 nitrogen and oxygen atoms in total. The normalized spacial score (nSPS) is 27.7. The van der Waals surface area contributed by atoms with Crippen molar-refractivity contribution >= 4 is 0 Å². The first-order valence-corrected chi connectivity index (χ1v) is 5.52. The highest BCUT2D eigenvalue weighted by molar-refractivity contribution is 4.74. The lowest BCUT2D eigenvalue weighted by Crippen LogP contribution is -2.38.